The Balaban J connectivity index is 1.52. The first kappa shape index (κ1) is 122. The minimum absolute atomic E-state index is 0.0278. The number of amides is 11. The fourth-order valence-corrected chi connectivity index (χ4v) is 17.7. The number of thioether (sulfide) groups is 4. The highest BCUT2D eigenvalue weighted by Crippen LogP contribution is 2.26. The summed E-state index contributed by atoms with van der Waals surface area (Å²) >= 11 is 5.09. The Morgan fingerprint density at radius 3 is 1.48 bits per heavy atom. The maximum Gasteiger partial charge on any atom is 0.303 e. The van der Waals surface area contributed by atoms with Gasteiger partial charge in [-0.25, -0.2) is 0 Å². The minimum Gasteiger partial charge on any atom is -0.508 e. The van der Waals surface area contributed by atoms with Crippen molar-refractivity contribution in [2.75, 3.05) is 62.0 Å². The number of aliphatic hydroxyl groups is 3. The maximum absolute atomic E-state index is 14.9. The first-order valence-electron chi connectivity index (χ1n) is 46.4. The Morgan fingerprint density at radius 2 is 0.936 bits per heavy atom. The number of carbonyl (C=O) groups is 22. The van der Waals surface area contributed by atoms with Crippen LogP contribution >= 0.6 is 47.0 Å². The van der Waals surface area contributed by atoms with Gasteiger partial charge >= 0.3 is 5.97 Å². The Morgan fingerprint density at radius 1 is 0.461 bits per heavy atom. The molecule has 0 spiro atoms. The molecule has 1 aliphatic heterocycles. The number of carboxylic acids is 1. The molecule has 18 atom stereocenters. The number of hydrogen-bond acceptors (Lipinski definition) is 33. The van der Waals surface area contributed by atoms with Crippen molar-refractivity contribution in [2.24, 2.45) is 53.1 Å². The topological polar surface area (TPSA) is 654 Å². The normalized spacial score (nSPS) is 15.9. The predicted molar refractivity (Wildman–Crippen MR) is 524 cm³/mol. The molecule has 2 unspecified atom stereocenters. The van der Waals surface area contributed by atoms with Crippen LogP contribution in [0.25, 0.3) is 0 Å². The second kappa shape index (κ2) is 64.9. The lowest BCUT2D eigenvalue weighted by molar-refractivity contribution is -0.141. The number of ether oxygens (including phenoxy) is 2. The molecule has 3 aromatic rings. The van der Waals surface area contributed by atoms with E-state index in [2.05, 4.69) is 58.5 Å². The fourth-order valence-electron chi connectivity index (χ4n) is 15.0. The Kier molecular flexibility index (Phi) is 56.2. The summed E-state index contributed by atoms with van der Waals surface area (Å²) in [5.74, 6) is -24.6. The monoisotopic (exact) mass is 2050 g/mol. The van der Waals surface area contributed by atoms with Crippen LogP contribution in [0.15, 0.2) is 84.9 Å². The third-order valence-electron chi connectivity index (χ3n) is 23.1. The molecule has 0 radical (unpaired) electrons. The number of phenolic OH excluding ortho intramolecular Hbond substituents is 1. The van der Waals surface area contributed by atoms with Crippen molar-refractivity contribution in [3.8, 4) is 5.75 Å². The second-order valence-corrected chi connectivity index (χ2v) is 39.7. The number of phenols is 1. The van der Waals surface area contributed by atoms with Crippen LogP contribution in [0, 0.1) is 47.3 Å². The van der Waals surface area contributed by atoms with Crippen LogP contribution in [0.1, 0.15) is 168 Å². The first-order chi connectivity index (χ1) is 66.8. The third kappa shape index (κ3) is 46.1. The molecule has 41 nitrogen and oxygen atoms in total. The number of carboxylic acid groups (broad SMARTS) is 1. The van der Waals surface area contributed by atoms with Gasteiger partial charge in [0.15, 0.2) is 45.6 Å². The smallest absolute Gasteiger partial charge is 0.303 e. The van der Waals surface area contributed by atoms with E-state index in [0.29, 0.717) is 34.3 Å². The van der Waals surface area contributed by atoms with Crippen molar-refractivity contribution in [1.29, 1.82) is 0 Å². The van der Waals surface area contributed by atoms with Crippen LogP contribution in [-0.4, -0.2) is 290 Å². The maximum atomic E-state index is 14.9. The lowest BCUT2D eigenvalue weighted by Gasteiger charge is -2.28. The van der Waals surface area contributed by atoms with Gasteiger partial charge in [-0.15, -0.1) is 11.8 Å². The largest absolute Gasteiger partial charge is 0.508 e. The van der Waals surface area contributed by atoms with Crippen molar-refractivity contribution < 1.29 is 140 Å². The molecule has 3 aromatic carbocycles. The van der Waals surface area contributed by atoms with Crippen LogP contribution in [0.3, 0.4) is 0 Å². The van der Waals surface area contributed by atoms with Crippen LogP contribution < -0.4 is 64.2 Å². The molecular weight excluding hydrogens is 1910 g/mol. The van der Waals surface area contributed by atoms with Crippen LogP contribution in [0.2, 0.25) is 0 Å². The molecular formula is C96H136N12O29S4. The highest BCUT2D eigenvalue weighted by Gasteiger charge is 2.41. The first-order valence-corrected chi connectivity index (χ1v) is 51.3. The lowest BCUT2D eigenvalue weighted by atomic mass is 9.87. The van der Waals surface area contributed by atoms with E-state index >= 15 is 0 Å². The van der Waals surface area contributed by atoms with Gasteiger partial charge in [0.1, 0.15) is 49.2 Å². The molecule has 11 amide bonds. The quantitative estimate of drug-likeness (QED) is 0.0351. The average Bonchev–Trinajstić information content (AvgIpc) is 1.13. The number of nitrogens with one attached hydrogen (secondary N) is 11. The number of aliphatic hydroxyl groups excluding tert-OH is 3. The molecule has 141 heavy (non-hydrogen) atoms. The average molecular weight is 2050 g/mol. The molecule has 1 heterocycles. The van der Waals surface area contributed by atoms with Gasteiger partial charge in [0.2, 0.25) is 65.0 Å². The van der Waals surface area contributed by atoms with Gasteiger partial charge in [0.05, 0.1) is 79.7 Å². The molecule has 45 heteroatoms. The Bertz CT molecular complexity index is 4700. The summed E-state index contributed by atoms with van der Waals surface area (Å²) in [6, 6.07) is 8.15. The molecule has 1 saturated heterocycles. The van der Waals surface area contributed by atoms with Gasteiger partial charge in [-0.1, -0.05) is 119 Å². The van der Waals surface area contributed by atoms with Gasteiger partial charge in [0.25, 0.3) is 12.9 Å². The van der Waals surface area contributed by atoms with Crippen molar-refractivity contribution in [3.05, 3.63) is 102 Å². The van der Waals surface area contributed by atoms with Gasteiger partial charge < -0.3 is 93.9 Å². The van der Waals surface area contributed by atoms with E-state index in [4.69, 9.17) is 15.2 Å². The number of benzene rings is 3. The molecule has 0 aliphatic carbocycles. The Labute approximate surface area is 836 Å². The SMILES string of the molecule is CSCC[C@H](CC(=O)[C@H](Cc1ccc(O)cc1)NC(=O)[C@@H](CC(=O)[C@H](C)NC(=O)[C@H](C)CC(=O)[C@@H]1CSCN1)C(C)O)C(=O)N[C@@H](CCSC)C(=O)NCC(=O)N[C@@H](CC(N)=O)C(=O)N[C@@H](CCC(=O)O)C(=O)N[C@@H](CC(C)C)C(=O)C[C@H](C(=O)N[C@@H](Cc1ccccc1)C(=O)C[C@@H](CC(C)C)C(=O)N[C@@H](COC=O)C(=O)C[C@@H](COC=O)C(=O)N[C@@H](CO)C(=O)CCC(=O)SCc1ccccc1)C(C)O. The zero-order valence-electron chi connectivity index (χ0n) is 80.9. The summed E-state index contributed by atoms with van der Waals surface area (Å²) in [5.41, 5.74) is 7.31. The van der Waals surface area contributed by atoms with E-state index in [-0.39, 0.29) is 92.6 Å². The van der Waals surface area contributed by atoms with E-state index in [0.717, 1.165) is 17.3 Å². The molecule has 778 valence electrons. The summed E-state index contributed by atoms with van der Waals surface area (Å²) in [7, 11) is 0. The zero-order chi connectivity index (χ0) is 105. The number of Topliss-reactive ketones (excluding diaryl/α,β-unsaturated/α-hetero) is 7. The van der Waals surface area contributed by atoms with Crippen molar-refractivity contribution in [1.82, 2.24) is 58.5 Å². The number of hydrogen-bond donors (Lipinski definition) is 17. The fraction of sp³-hybridized carbons (Fsp3) is 0.583. The molecule has 0 aromatic heterocycles. The number of primary amides is 1. The van der Waals surface area contributed by atoms with Crippen LogP contribution in [0.5, 0.6) is 5.75 Å². The number of aliphatic carboxylic acids is 1. The van der Waals surface area contributed by atoms with Crippen LogP contribution in [-0.2, 0) is 134 Å². The standard InChI is InChI=1S/C96H136N12O29S4/c1-53(2)33-63(90(129)108-75(47-137-52-111)82(120)40-64(46-136-51-110)91(130)107-74(45-109)77(115)26-28-87(126)141-48-61-19-15-12-16-20-61)39-81(119)71(36-59-17-13-11-14-18-59)104-93(132)67(58(8)113)42-83(121)70(34-54(3)4)106-95(134)68(25-27-86(124)125)103-96(135)73(43-84(97)122)101-85(123)44-98-94(133)69(30-32-139-10)102-89(128)62(29-31-138-9)38-80(118)72(37-60-21-23-65(114)24-22-60)105-92(131)66(57(7)112)41-78(116)56(6)100-88(127)55(5)35-79(117)76-49-140-50-99-76/h11-24,51-58,62-64,66-76,99,109,112-114H,25-50H2,1-10H3,(H2,97,122)(H,98,133)(H,100,127)(H,101,123)(H,102,128)(H,103,135)(H,104,132)(H,105,131)(H,106,134)(H,107,130)(H,108,129)(H,124,125)/t55-,56+,57?,58?,62-,63-,64+,66+,67+,68+,69+,70+,71+,72+,73+,74+,75+,76+/m1/s1. The summed E-state index contributed by atoms with van der Waals surface area (Å²) in [4.78, 5) is 301. The van der Waals surface area contributed by atoms with E-state index in [1.54, 1.807) is 88.7 Å². The summed E-state index contributed by atoms with van der Waals surface area (Å²) in [6.07, 6.45) is -7.18. The van der Waals surface area contributed by atoms with Crippen molar-refractivity contribution in [2.45, 2.75) is 243 Å². The molecule has 1 aliphatic rings. The molecule has 18 N–H and O–H groups in total. The number of carbonyl (C=O) groups excluding carboxylic acids is 21. The molecule has 0 bridgehead atoms. The lowest BCUT2D eigenvalue weighted by Crippen LogP contribution is -2.57. The minimum atomic E-state index is -1.95. The van der Waals surface area contributed by atoms with Gasteiger partial charge in [0, 0.05) is 92.9 Å². The predicted octanol–water partition coefficient (Wildman–Crippen LogP) is 1.06. The number of ketones is 7. The molecule has 1 fully saturated rings. The number of nitrogens with two attached hydrogens (primary N) is 1. The van der Waals surface area contributed by atoms with Crippen molar-refractivity contribution >= 4 is 177 Å². The third-order valence-corrected chi connectivity index (χ3v) is 26.3. The number of rotatable bonds is 72. The van der Waals surface area contributed by atoms with Gasteiger partial charge in [-0.05, 0) is 130 Å². The summed E-state index contributed by atoms with van der Waals surface area (Å²) in [6.45, 7) is 8.51. The van der Waals surface area contributed by atoms with Crippen LogP contribution in [0.4, 0.5) is 0 Å². The van der Waals surface area contributed by atoms with Crippen molar-refractivity contribution in [3.63, 3.8) is 0 Å². The van der Waals surface area contributed by atoms with E-state index in [1.165, 1.54) is 87.2 Å². The summed E-state index contributed by atoms with van der Waals surface area (Å²) in [5, 5.41) is 79.9. The number of aromatic hydroxyl groups is 1. The summed E-state index contributed by atoms with van der Waals surface area (Å²) < 4.78 is 9.76. The highest BCUT2D eigenvalue weighted by molar-refractivity contribution is 8.12. The second-order valence-electron chi connectivity index (χ2n) is 35.6. The van der Waals surface area contributed by atoms with Gasteiger partial charge in [-0.3, -0.25) is 111 Å². The molecule has 0 saturated carbocycles. The Hall–Kier alpha value is -11.4. The van der Waals surface area contributed by atoms with Gasteiger partial charge in [-0.2, -0.15) is 23.5 Å². The van der Waals surface area contributed by atoms with E-state index in [9.17, 15) is 131 Å². The van der Waals surface area contributed by atoms with E-state index < -0.39 is 304 Å². The van der Waals surface area contributed by atoms with E-state index in [1.807, 2.05) is 12.1 Å². The molecule has 4 rings (SSSR count). The highest BCUT2D eigenvalue weighted by atomic mass is 32.2. The zero-order valence-corrected chi connectivity index (χ0v) is 84.2.